The first-order valence-electron chi connectivity index (χ1n) is 4.02. The Morgan fingerprint density at radius 3 is 3.15 bits per heavy atom. The minimum atomic E-state index is 0.0140. The number of carbonyl (C=O) groups excluding carboxylic acids is 1. The first-order valence-corrected chi connectivity index (χ1v) is 4.02. The molecule has 1 aromatic heterocycles. The van der Waals surface area contributed by atoms with Gasteiger partial charge in [-0.15, -0.1) is 0 Å². The third kappa shape index (κ3) is 1.35. The van der Waals surface area contributed by atoms with E-state index >= 15 is 0 Å². The van der Waals surface area contributed by atoms with Crippen molar-refractivity contribution in [1.29, 1.82) is 0 Å². The molecule has 0 fully saturated rings. The summed E-state index contributed by atoms with van der Waals surface area (Å²) in [6.45, 7) is 0.444. The molecular weight excluding hydrogens is 170 g/mol. The smallest absolute Gasteiger partial charge is 0.213 e. The van der Waals surface area contributed by atoms with Crippen LogP contribution in [-0.2, 0) is 0 Å². The maximum absolute atomic E-state index is 11.4. The van der Waals surface area contributed by atoms with Crippen molar-refractivity contribution in [3.8, 4) is 11.6 Å². The average Bonchev–Trinajstić information content (AvgIpc) is 2.18. The number of carbonyl (C=O) groups is 1. The van der Waals surface area contributed by atoms with E-state index in [9.17, 15) is 4.79 Å². The zero-order valence-electron chi connectivity index (χ0n) is 7.24. The van der Waals surface area contributed by atoms with Gasteiger partial charge in [-0.2, -0.15) is 0 Å². The van der Waals surface area contributed by atoms with Gasteiger partial charge in [-0.25, -0.2) is 4.98 Å². The molecule has 0 saturated carbocycles. The molecule has 0 atom stereocenters. The van der Waals surface area contributed by atoms with Gasteiger partial charge in [0.25, 0.3) is 0 Å². The zero-order chi connectivity index (χ0) is 9.26. The Morgan fingerprint density at radius 1 is 1.54 bits per heavy atom. The maximum Gasteiger partial charge on any atom is 0.213 e. The van der Waals surface area contributed by atoms with Gasteiger partial charge in [0.1, 0.15) is 5.75 Å². The Kier molecular flexibility index (Phi) is 1.88. The number of hydrogen-bond acceptors (Lipinski definition) is 4. The summed E-state index contributed by atoms with van der Waals surface area (Å²) in [5.74, 6) is 1.01. The Balaban J connectivity index is 2.47. The van der Waals surface area contributed by atoms with Crippen LogP contribution in [0.15, 0.2) is 12.1 Å². The van der Waals surface area contributed by atoms with E-state index in [2.05, 4.69) is 4.98 Å². The molecular formula is C9H9NO3. The molecule has 0 N–H and O–H groups in total. The molecule has 4 heteroatoms. The van der Waals surface area contributed by atoms with E-state index in [-0.39, 0.29) is 5.78 Å². The molecule has 0 unspecified atom stereocenters. The fourth-order valence-electron chi connectivity index (χ4n) is 1.23. The first-order chi connectivity index (χ1) is 6.31. The molecule has 1 aliphatic heterocycles. The number of ketones is 1. The van der Waals surface area contributed by atoms with Gasteiger partial charge in [-0.1, -0.05) is 0 Å². The van der Waals surface area contributed by atoms with E-state index in [1.807, 2.05) is 0 Å². The third-order valence-electron chi connectivity index (χ3n) is 1.89. The van der Waals surface area contributed by atoms with E-state index in [4.69, 9.17) is 9.47 Å². The zero-order valence-corrected chi connectivity index (χ0v) is 7.24. The molecule has 1 aromatic rings. The van der Waals surface area contributed by atoms with Gasteiger partial charge in [-0.3, -0.25) is 4.79 Å². The Hall–Kier alpha value is -1.58. The molecule has 1 aliphatic rings. The highest BCUT2D eigenvalue weighted by molar-refractivity contribution is 5.97. The van der Waals surface area contributed by atoms with Crippen LogP contribution in [0.1, 0.15) is 16.9 Å². The highest BCUT2D eigenvalue weighted by Gasteiger charge is 2.20. The van der Waals surface area contributed by atoms with Crippen molar-refractivity contribution in [1.82, 2.24) is 4.98 Å². The number of Topliss-reactive ketones (excluding diaryl/α,β-unsaturated/α-hetero) is 1. The van der Waals surface area contributed by atoms with Crippen molar-refractivity contribution >= 4 is 5.78 Å². The molecule has 0 spiro atoms. The third-order valence-corrected chi connectivity index (χ3v) is 1.89. The van der Waals surface area contributed by atoms with Crippen molar-refractivity contribution in [2.24, 2.45) is 0 Å². The molecule has 0 aliphatic carbocycles. The van der Waals surface area contributed by atoms with Crippen molar-refractivity contribution in [2.45, 2.75) is 6.42 Å². The lowest BCUT2D eigenvalue weighted by molar-refractivity contribution is 0.0925. The largest absolute Gasteiger partial charge is 0.491 e. The monoisotopic (exact) mass is 179 g/mol. The predicted molar refractivity (Wildman–Crippen MR) is 45.2 cm³/mol. The summed E-state index contributed by atoms with van der Waals surface area (Å²) < 4.78 is 10.2. The molecule has 2 rings (SSSR count). The molecule has 0 amide bonds. The van der Waals surface area contributed by atoms with Crippen LogP contribution in [-0.4, -0.2) is 24.5 Å². The number of methoxy groups -OCH3 is 1. The van der Waals surface area contributed by atoms with Crippen LogP contribution in [0.4, 0.5) is 0 Å². The molecule has 68 valence electrons. The second-order valence-corrected chi connectivity index (χ2v) is 2.72. The SMILES string of the molecule is COc1ccc2c(n1)C(=O)CCO2. The van der Waals surface area contributed by atoms with E-state index in [1.165, 1.54) is 7.11 Å². The quantitative estimate of drug-likeness (QED) is 0.646. The first kappa shape index (κ1) is 8.04. The lowest BCUT2D eigenvalue weighted by Crippen LogP contribution is -2.16. The van der Waals surface area contributed by atoms with Crippen molar-refractivity contribution in [3.63, 3.8) is 0 Å². The molecule has 0 saturated heterocycles. The average molecular weight is 179 g/mol. The number of nitrogens with zero attached hydrogens (tertiary/aromatic N) is 1. The summed E-state index contributed by atoms with van der Waals surface area (Å²) in [7, 11) is 1.52. The summed E-state index contributed by atoms with van der Waals surface area (Å²) in [4.78, 5) is 15.4. The lowest BCUT2D eigenvalue weighted by atomic mass is 10.1. The van der Waals surface area contributed by atoms with Gasteiger partial charge in [0.15, 0.2) is 11.5 Å². The molecule has 0 aromatic carbocycles. The number of rotatable bonds is 1. The van der Waals surface area contributed by atoms with Crippen LogP contribution in [0.3, 0.4) is 0 Å². The lowest BCUT2D eigenvalue weighted by Gasteiger charge is -2.15. The van der Waals surface area contributed by atoms with Crippen LogP contribution < -0.4 is 9.47 Å². The summed E-state index contributed by atoms with van der Waals surface area (Å²) >= 11 is 0. The van der Waals surface area contributed by atoms with Crippen LogP contribution in [0.5, 0.6) is 11.6 Å². The molecule has 0 bridgehead atoms. The second kappa shape index (κ2) is 3.05. The number of hydrogen-bond donors (Lipinski definition) is 0. The van der Waals surface area contributed by atoms with E-state index in [0.717, 1.165) is 0 Å². The Morgan fingerprint density at radius 2 is 2.38 bits per heavy atom. The highest BCUT2D eigenvalue weighted by Crippen LogP contribution is 2.24. The summed E-state index contributed by atoms with van der Waals surface area (Å²) in [6, 6.07) is 3.38. The summed E-state index contributed by atoms with van der Waals surface area (Å²) in [5.41, 5.74) is 0.380. The molecule has 2 heterocycles. The molecule has 4 nitrogen and oxygen atoms in total. The number of aromatic nitrogens is 1. The maximum atomic E-state index is 11.4. The van der Waals surface area contributed by atoms with Crippen molar-refractivity contribution in [3.05, 3.63) is 17.8 Å². The van der Waals surface area contributed by atoms with Crippen LogP contribution in [0.25, 0.3) is 0 Å². The fourth-order valence-corrected chi connectivity index (χ4v) is 1.23. The normalized spacial score (nSPS) is 14.7. The minimum absolute atomic E-state index is 0.0140. The minimum Gasteiger partial charge on any atom is -0.491 e. The van der Waals surface area contributed by atoms with Gasteiger partial charge in [0.05, 0.1) is 13.7 Å². The summed E-state index contributed by atoms with van der Waals surface area (Å²) in [6.07, 6.45) is 0.396. The van der Waals surface area contributed by atoms with E-state index < -0.39 is 0 Å². The van der Waals surface area contributed by atoms with Crippen LogP contribution in [0, 0.1) is 0 Å². The van der Waals surface area contributed by atoms with Gasteiger partial charge >= 0.3 is 0 Å². The Labute approximate surface area is 75.5 Å². The number of pyridine rings is 1. The topological polar surface area (TPSA) is 48.4 Å². The van der Waals surface area contributed by atoms with Gasteiger partial charge in [0.2, 0.25) is 5.88 Å². The number of fused-ring (bicyclic) bond motifs is 1. The highest BCUT2D eigenvalue weighted by atomic mass is 16.5. The summed E-state index contributed by atoms with van der Waals surface area (Å²) in [5, 5.41) is 0. The van der Waals surface area contributed by atoms with E-state index in [1.54, 1.807) is 12.1 Å². The van der Waals surface area contributed by atoms with Gasteiger partial charge in [0, 0.05) is 12.5 Å². The van der Waals surface area contributed by atoms with Gasteiger partial charge < -0.3 is 9.47 Å². The van der Waals surface area contributed by atoms with Crippen molar-refractivity contribution < 1.29 is 14.3 Å². The van der Waals surface area contributed by atoms with E-state index in [0.29, 0.717) is 30.4 Å². The van der Waals surface area contributed by atoms with Crippen LogP contribution >= 0.6 is 0 Å². The number of ether oxygens (including phenoxy) is 2. The molecule has 13 heavy (non-hydrogen) atoms. The van der Waals surface area contributed by atoms with Crippen LogP contribution in [0.2, 0.25) is 0 Å². The predicted octanol–water partition coefficient (Wildman–Crippen LogP) is 1.06. The van der Waals surface area contributed by atoms with Gasteiger partial charge in [-0.05, 0) is 6.07 Å². The Bertz CT molecular complexity index is 349. The van der Waals surface area contributed by atoms with Crippen molar-refractivity contribution in [2.75, 3.05) is 13.7 Å². The standard InChI is InChI=1S/C9H9NO3/c1-12-8-3-2-7-9(10-8)6(11)4-5-13-7/h2-3H,4-5H2,1H3. The second-order valence-electron chi connectivity index (χ2n) is 2.72. The fraction of sp³-hybridized carbons (Fsp3) is 0.333. The molecule has 0 radical (unpaired) electrons.